The molecule has 0 aliphatic rings. The molecule has 2 atom stereocenters. The van der Waals surface area contributed by atoms with E-state index in [-0.39, 0.29) is 24.6 Å². The fourth-order valence-corrected chi connectivity index (χ4v) is 1.85. The standard InChI is InChI=1S/C10H22N2O2S/c1-8(6-10(14)11-2)12-9(7-13)4-5-15-3/h8-9,12-13H,4-7H2,1-3H3,(H,11,14). The minimum atomic E-state index is 0.0246. The summed E-state index contributed by atoms with van der Waals surface area (Å²) in [5, 5.41) is 14.9. The Bertz CT molecular complexity index is 179. The first-order chi connectivity index (χ1) is 7.13. The summed E-state index contributed by atoms with van der Waals surface area (Å²) in [7, 11) is 1.63. The molecule has 0 aromatic heterocycles. The Balaban J connectivity index is 3.79. The van der Waals surface area contributed by atoms with Crippen molar-refractivity contribution in [3.63, 3.8) is 0 Å². The van der Waals surface area contributed by atoms with Crippen LogP contribution in [0.1, 0.15) is 19.8 Å². The van der Waals surface area contributed by atoms with Crippen LogP contribution in [0.4, 0.5) is 0 Å². The van der Waals surface area contributed by atoms with Gasteiger partial charge in [0.25, 0.3) is 0 Å². The molecule has 4 nitrogen and oxygen atoms in total. The van der Waals surface area contributed by atoms with Crippen LogP contribution in [0.5, 0.6) is 0 Å². The molecule has 90 valence electrons. The predicted molar refractivity (Wildman–Crippen MR) is 65.2 cm³/mol. The van der Waals surface area contributed by atoms with Gasteiger partial charge in [-0.15, -0.1) is 0 Å². The number of aliphatic hydroxyl groups is 1. The minimum Gasteiger partial charge on any atom is -0.395 e. The molecule has 3 N–H and O–H groups in total. The van der Waals surface area contributed by atoms with Crippen molar-refractivity contribution < 1.29 is 9.90 Å². The maximum atomic E-state index is 11.1. The lowest BCUT2D eigenvalue weighted by Gasteiger charge is -2.20. The third-order valence-electron chi connectivity index (χ3n) is 2.18. The van der Waals surface area contributed by atoms with Crippen LogP contribution in [0.25, 0.3) is 0 Å². The van der Waals surface area contributed by atoms with Crippen LogP contribution in [0, 0.1) is 0 Å². The highest BCUT2D eigenvalue weighted by Crippen LogP contribution is 2.02. The molecule has 0 aromatic carbocycles. The van der Waals surface area contributed by atoms with Crippen molar-refractivity contribution in [2.45, 2.75) is 31.8 Å². The minimum absolute atomic E-state index is 0.0246. The SMILES string of the molecule is CNC(=O)CC(C)NC(CO)CCSC. The van der Waals surface area contributed by atoms with E-state index < -0.39 is 0 Å². The van der Waals surface area contributed by atoms with Gasteiger partial charge in [0.2, 0.25) is 5.91 Å². The molecule has 0 aliphatic heterocycles. The second kappa shape index (κ2) is 9.00. The summed E-state index contributed by atoms with van der Waals surface area (Å²) in [5.74, 6) is 1.04. The maximum Gasteiger partial charge on any atom is 0.221 e. The highest BCUT2D eigenvalue weighted by Gasteiger charge is 2.12. The van der Waals surface area contributed by atoms with E-state index in [9.17, 15) is 4.79 Å². The average molecular weight is 234 g/mol. The zero-order valence-electron chi connectivity index (χ0n) is 9.75. The van der Waals surface area contributed by atoms with Gasteiger partial charge in [-0.2, -0.15) is 11.8 Å². The highest BCUT2D eigenvalue weighted by atomic mass is 32.2. The first-order valence-electron chi connectivity index (χ1n) is 5.20. The smallest absolute Gasteiger partial charge is 0.221 e. The van der Waals surface area contributed by atoms with E-state index in [4.69, 9.17) is 5.11 Å². The molecule has 0 aromatic rings. The van der Waals surface area contributed by atoms with Gasteiger partial charge >= 0.3 is 0 Å². The summed E-state index contributed by atoms with van der Waals surface area (Å²) in [4.78, 5) is 11.1. The van der Waals surface area contributed by atoms with Crippen LogP contribution < -0.4 is 10.6 Å². The van der Waals surface area contributed by atoms with Crippen molar-refractivity contribution in [1.29, 1.82) is 0 Å². The third-order valence-corrected chi connectivity index (χ3v) is 2.83. The van der Waals surface area contributed by atoms with E-state index in [0.717, 1.165) is 12.2 Å². The molecule has 0 saturated carbocycles. The molecule has 2 unspecified atom stereocenters. The normalized spacial score (nSPS) is 14.7. The van der Waals surface area contributed by atoms with Crippen molar-refractivity contribution >= 4 is 17.7 Å². The Morgan fingerprint density at radius 3 is 2.67 bits per heavy atom. The van der Waals surface area contributed by atoms with Gasteiger partial charge in [-0.3, -0.25) is 4.79 Å². The highest BCUT2D eigenvalue weighted by molar-refractivity contribution is 7.98. The molecular formula is C10H22N2O2S. The number of nitrogens with one attached hydrogen (secondary N) is 2. The second-order valence-corrected chi connectivity index (χ2v) is 4.59. The molecule has 0 radical (unpaired) electrons. The molecule has 0 spiro atoms. The lowest BCUT2D eigenvalue weighted by molar-refractivity contribution is -0.121. The van der Waals surface area contributed by atoms with Gasteiger partial charge in [-0.1, -0.05) is 0 Å². The van der Waals surface area contributed by atoms with Gasteiger partial charge in [0.15, 0.2) is 0 Å². The monoisotopic (exact) mass is 234 g/mol. The van der Waals surface area contributed by atoms with Gasteiger partial charge in [0.05, 0.1) is 6.61 Å². The van der Waals surface area contributed by atoms with Crippen LogP contribution >= 0.6 is 11.8 Å². The van der Waals surface area contributed by atoms with Crippen molar-refractivity contribution in [3.05, 3.63) is 0 Å². The van der Waals surface area contributed by atoms with Crippen molar-refractivity contribution in [2.24, 2.45) is 0 Å². The Morgan fingerprint density at radius 2 is 2.20 bits per heavy atom. The fraction of sp³-hybridized carbons (Fsp3) is 0.900. The molecule has 0 saturated heterocycles. The van der Waals surface area contributed by atoms with Crippen LogP contribution in [-0.2, 0) is 4.79 Å². The molecule has 15 heavy (non-hydrogen) atoms. The Kier molecular flexibility index (Phi) is 8.85. The molecule has 0 aliphatic carbocycles. The van der Waals surface area contributed by atoms with Crippen molar-refractivity contribution in [1.82, 2.24) is 10.6 Å². The number of aliphatic hydroxyl groups excluding tert-OH is 1. The molecule has 1 amide bonds. The Morgan fingerprint density at radius 1 is 1.53 bits per heavy atom. The summed E-state index contributed by atoms with van der Waals surface area (Å²) in [6.07, 6.45) is 3.42. The van der Waals surface area contributed by atoms with Gasteiger partial charge < -0.3 is 15.7 Å². The lowest BCUT2D eigenvalue weighted by Crippen LogP contribution is -2.41. The van der Waals surface area contributed by atoms with E-state index in [2.05, 4.69) is 10.6 Å². The fourth-order valence-electron chi connectivity index (χ4n) is 1.33. The molecule has 0 fully saturated rings. The first kappa shape index (κ1) is 14.7. The first-order valence-corrected chi connectivity index (χ1v) is 6.59. The third kappa shape index (κ3) is 7.64. The largest absolute Gasteiger partial charge is 0.395 e. The van der Waals surface area contributed by atoms with E-state index in [1.54, 1.807) is 18.8 Å². The van der Waals surface area contributed by atoms with Gasteiger partial charge in [0.1, 0.15) is 0 Å². The number of carbonyl (C=O) groups excluding carboxylic acids is 1. The van der Waals surface area contributed by atoms with Crippen LogP contribution in [0.2, 0.25) is 0 Å². The van der Waals surface area contributed by atoms with Crippen molar-refractivity contribution in [2.75, 3.05) is 25.7 Å². The number of rotatable bonds is 8. The van der Waals surface area contributed by atoms with E-state index in [1.165, 1.54) is 0 Å². The van der Waals surface area contributed by atoms with Gasteiger partial charge in [0, 0.05) is 25.6 Å². The summed E-state index contributed by atoms with van der Waals surface area (Å²) < 4.78 is 0. The second-order valence-electron chi connectivity index (χ2n) is 3.61. The maximum absolute atomic E-state index is 11.1. The lowest BCUT2D eigenvalue weighted by atomic mass is 10.1. The molecule has 5 heteroatoms. The predicted octanol–water partition coefficient (Wildman–Crippen LogP) is 0.215. The number of hydrogen-bond acceptors (Lipinski definition) is 4. The summed E-state index contributed by atoms with van der Waals surface area (Å²) in [5.41, 5.74) is 0. The van der Waals surface area contributed by atoms with E-state index in [1.807, 2.05) is 13.2 Å². The zero-order chi connectivity index (χ0) is 11.7. The number of amides is 1. The Labute approximate surface area is 96.2 Å². The van der Waals surface area contributed by atoms with E-state index >= 15 is 0 Å². The molecular weight excluding hydrogens is 212 g/mol. The van der Waals surface area contributed by atoms with Gasteiger partial charge in [-0.25, -0.2) is 0 Å². The van der Waals surface area contributed by atoms with Crippen LogP contribution in [0.3, 0.4) is 0 Å². The average Bonchev–Trinajstić information content (AvgIpc) is 2.23. The Hall–Kier alpha value is -0.260. The number of thioether (sulfide) groups is 1. The van der Waals surface area contributed by atoms with Crippen LogP contribution in [0.15, 0.2) is 0 Å². The van der Waals surface area contributed by atoms with E-state index in [0.29, 0.717) is 6.42 Å². The zero-order valence-corrected chi connectivity index (χ0v) is 10.6. The molecule has 0 rings (SSSR count). The molecule has 0 heterocycles. The number of hydrogen-bond donors (Lipinski definition) is 3. The van der Waals surface area contributed by atoms with Gasteiger partial charge in [-0.05, 0) is 25.4 Å². The summed E-state index contributed by atoms with van der Waals surface area (Å²) in [6.45, 7) is 2.08. The quantitative estimate of drug-likeness (QED) is 0.562. The summed E-state index contributed by atoms with van der Waals surface area (Å²) in [6, 6.07) is 0.195. The topological polar surface area (TPSA) is 61.4 Å². The molecule has 0 bridgehead atoms. The summed E-state index contributed by atoms with van der Waals surface area (Å²) >= 11 is 1.76. The van der Waals surface area contributed by atoms with Crippen LogP contribution in [-0.4, -0.2) is 48.8 Å². The number of carbonyl (C=O) groups is 1. The van der Waals surface area contributed by atoms with Crippen molar-refractivity contribution in [3.8, 4) is 0 Å².